The number of aliphatic carboxylic acids is 1. The van der Waals surface area contributed by atoms with Crippen LogP contribution in [0.25, 0.3) is 10.9 Å². The molecule has 0 aliphatic heterocycles. The third-order valence-corrected chi connectivity index (χ3v) is 5.57. The Labute approximate surface area is 185 Å². The van der Waals surface area contributed by atoms with Crippen molar-refractivity contribution in [3.8, 4) is 11.5 Å². The number of fused-ring (bicyclic) bond motifs is 1. The van der Waals surface area contributed by atoms with E-state index in [0.29, 0.717) is 23.6 Å². The molecule has 0 amide bonds. The van der Waals surface area contributed by atoms with Crippen LogP contribution in [0.1, 0.15) is 32.4 Å². The predicted octanol–water partition coefficient (Wildman–Crippen LogP) is 4.26. The number of alkyl halides is 1. The van der Waals surface area contributed by atoms with Crippen molar-refractivity contribution < 1.29 is 19.4 Å². The van der Waals surface area contributed by atoms with Crippen molar-refractivity contribution in [3.63, 3.8) is 0 Å². The van der Waals surface area contributed by atoms with Gasteiger partial charge >= 0.3 is 5.97 Å². The number of ether oxygens (including phenoxy) is 2. The molecule has 0 saturated heterocycles. The van der Waals surface area contributed by atoms with Gasteiger partial charge in [-0.15, -0.1) is 11.6 Å². The van der Waals surface area contributed by atoms with Crippen LogP contribution >= 0.6 is 11.6 Å². The Morgan fingerprint density at radius 3 is 2.58 bits per heavy atom. The molecule has 0 aliphatic rings. The highest BCUT2D eigenvalue weighted by molar-refractivity contribution is 6.18. The highest BCUT2D eigenvalue weighted by Gasteiger charge is 2.36. The van der Waals surface area contributed by atoms with E-state index in [9.17, 15) is 14.7 Å². The molecule has 1 heterocycles. The molecule has 0 saturated carbocycles. The summed E-state index contributed by atoms with van der Waals surface area (Å²) in [6.07, 6.45) is 1.37. The Bertz CT molecular complexity index is 1130. The van der Waals surface area contributed by atoms with Gasteiger partial charge in [0.1, 0.15) is 30.1 Å². The summed E-state index contributed by atoms with van der Waals surface area (Å²) in [6.45, 7) is 5.37. The maximum absolute atomic E-state index is 13.3. The smallest absolute Gasteiger partial charge is 0.311 e. The molecule has 1 aromatic heterocycles. The monoisotopic (exact) mass is 444 g/mol. The summed E-state index contributed by atoms with van der Waals surface area (Å²) >= 11 is 5.78. The Hall–Kier alpha value is -3.06. The fraction of sp³-hybridized carbons (Fsp3) is 0.348. The lowest BCUT2D eigenvalue weighted by Gasteiger charge is -2.28. The van der Waals surface area contributed by atoms with Gasteiger partial charge in [-0.2, -0.15) is 0 Å². The number of halogens is 1. The number of carboxylic acid groups (broad SMARTS) is 1. The average molecular weight is 445 g/mol. The van der Waals surface area contributed by atoms with Crippen molar-refractivity contribution in [2.24, 2.45) is 5.41 Å². The van der Waals surface area contributed by atoms with E-state index in [1.54, 1.807) is 32.9 Å². The summed E-state index contributed by atoms with van der Waals surface area (Å²) in [5, 5.41) is 9.80. The molecule has 2 aromatic carbocycles. The van der Waals surface area contributed by atoms with Gasteiger partial charge in [0.05, 0.1) is 29.2 Å². The van der Waals surface area contributed by atoms with Gasteiger partial charge in [0.25, 0.3) is 5.56 Å². The van der Waals surface area contributed by atoms with Gasteiger partial charge in [-0.25, -0.2) is 4.98 Å². The van der Waals surface area contributed by atoms with Crippen molar-refractivity contribution in [2.45, 2.75) is 33.4 Å². The van der Waals surface area contributed by atoms with Crippen molar-refractivity contribution in [3.05, 3.63) is 64.7 Å². The van der Waals surface area contributed by atoms with E-state index >= 15 is 0 Å². The second-order valence-electron chi connectivity index (χ2n) is 7.79. The molecule has 1 unspecified atom stereocenters. The van der Waals surface area contributed by atoms with Crippen LogP contribution in [0.15, 0.2) is 53.6 Å². The molecule has 8 heteroatoms. The topological polar surface area (TPSA) is 90.7 Å². The minimum absolute atomic E-state index is 0.198. The Kier molecular flexibility index (Phi) is 6.85. The van der Waals surface area contributed by atoms with Crippen LogP contribution in [-0.4, -0.2) is 33.1 Å². The van der Waals surface area contributed by atoms with E-state index in [4.69, 9.17) is 21.1 Å². The highest BCUT2D eigenvalue weighted by atomic mass is 35.5. The standard InChI is InChI=1S/C23H25ClN2O5/c1-15(23(2,3)22(28)29)26-14-25-18-11-17(31-13-16-7-5-4-6-8-16)12-19(30-10-9-24)20(18)21(26)27/h4-8,11-12,14-15H,9-10,13H2,1-3H3,(H,28,29). The van der Waals surface area contributed by atoms with Crippen LogP contribution in [0.5, 0.6) is 11.5 Å². The molecule has 164 valence electrons. The zero-order valence-electron chi connectivity index (χ0n) is 17.7. The molecule has 3 rings (SSSR count). The predicted molar refractivity (Wildman–Crippen MR) is 119 cm³/mol. The molecule has 31 heavy (non-hydrogen) atoms. The maximum atomic E-state index is 13.3. The van der Waals surface area contributed by atoms with Gasteiger partial charge in [0, 0.05) is 12.1 Å². The summed E-state index contributed by atoms with van der Waals surface area (Å²) in [5.74, 6) is 0.0428. The number of benzene rings is 2. The second-order valence-corrected chi connectivity index (χ2v) is 8.17. The molecule has 7 nitrogen and oxygen atoms in total. The largest absolute Gasteiger partial charge is 0.491 e. The third-order valence-electron chi connectivity index (χ3n) is 5.42. The van der Waals surface area contributed by atoms with Crippen LogP contribution in [0, 0.1) is 5.41 Å². The highest BCUT2D eigenvalue weighted by Crippen LogP contribution is 2.32. The summed E-state index contributed by atoms with van der Waals surface area (Å²) in [4.78, 5) is 29.3. The number of carbonyl (C=O) groups is 1. The van der Waals surface area contributed by atoms with Gasteiger partial charge in [0.15, 0.2) is 0 Å². The Morgan fingerprint density at radius 2 is 1.94 bits per heavy atom. The molecule has 0 radical (unpaired) electrons. The number of nitrogens with zero attached hydrogens (tertiary/aromatic N) is 2. The Balaban J connectivity index is 2.05. The van der Waals surface area contributed by atoms with Gasteiger partial charge in [-0.05, 0) is 26.3 Å². The first-order valence-corrected chi connectivity index (χ1v) is 10.4. The van der Waals surface area contributed by atoms with Crippen LogP contribution in [-0.2, 0) is 11.4 Å². The van der Waals surface area contributed by atoms with Gasteiger partial charge in [-0.3, -0.25) is 14.2 Å². The fourth-order valence-electron chi connectivity index (χ4n) is 3.09. The van der Waals surface area contributed by atoms with Crippen LogP contribution < -0.4 is 15.0 Å². The lowest BCUT2D eigenvalue weighted by atomic mass is 9.85. The van der Waals surface area contributed by atoms with E-state index in [-0.39, 0.29) is 23.4 Å². The molecule has 0 bridgehead atoms. The van der Waals surface area contributed by atoms with Crippen LogP contribution in [0.3, 0.4) is 0 Å². The number of carboxylic acids is 1. The number of aromatic nitrogens is 2. The zero-order chi connectivity index (χ0) is 22.6. The molecule has 3 aromatic rings. The van der Waals surface area contributed by atoms with Gasteiger partial charge in [0.2, 0.25) is 0 Å². The fourth-order valence-corrected chi connectivity index (χ4v) is 3.16. The van der Waals surface area contributed by atoms with Crippen LogP contribution in [0.4, 0.5) is 0 Å². The molecule has 0 fully saturated rings. The van der Waals surface area contributed by atoms with Gasteiger partial charge < -0.3 is 14.6 Å². The third kappa shape index (κ3) is 4.82. The molecule has 1 N–H and O–H groups in total. The Morgan fingerprint density at radius 1 is 1.23 bits per heavy atom. The first-order valence-electron chi connectivity index (χ1n) is 9.89. The van der Waals surface area contributed by atoms with E-state index in [0.717, 1.165) is 5.56 Å². The summed E-state index contributed by atoms with van der Waals surface area (Å²) in [7, 11) is 0. The van der Waals surface area contributed by atoms with Crippen molar-refractivity contribution >= 4 is 28.5 Å². The summed E-state index contributed by atoms with van der Waals surface area (Å²) < 4.78 is 12.9. The normalized spacial score (nSPS) is 12.5. The van der Waals surface area contributed by atoms with Gasteiger partial charge in [-0.1, -0.05) is 30.3 Å². The molecule has 1 atom stereocenters. The maximum Gasteiger partial charge on any atom is 0.311 e. The molecular formula is C23H25ClN2O5. The molecule has 0 aliphatic carbocycles. The first kappa shape index (κ1) is 22.6. The van der Waals surface area contributed by atoms with Crippen molar-refractivity contribution in [1.82, 2.24) is 9.55 Å². The first-order chi connectivity index (χ1) is 14.8. The lowest BCUT2D eigenvalue weighted by Crippen LogP contribution is -2.38. The summed E-state index contributed by atoms with van der Waals surface area (Å²) in [5.41, 5.74) is -0.156. The minimum atomic E-state index is -1.17. The number of rotatable bonds is 9. The van der Waals surface area contributed by atoms with E-state index in [2.05, 4.69) is 4.98 Å². The number of hydrogen-bond donors (Lipinski definition) is 1. The minimum Gasteiger partial charge on any atom is -0.491 e. The summed E-state index contributed by atoms with van der Waals surface area (Å²) in [6, 6.07) is 12.4. The molecular weight excluding hydrogens is 420 g/mol. The second kappa shape index (κ2) is 9.39. The SMILES string of the molecule is CC(n1cnc2cc(OCc3ccccc3)cc(OCCCl)c2c1=O)C(C)(C)C(=O)O. The number of hydrogen-bond acceptors (Lipinski definition) is 5. The van der Waals surface area contributed by atoms with Crippen molar-refractivity contribution in [2.75, 3.05) is 12.5 Å². The van der Waals surface area contributed by atoms with Crippen LogP contribution in [0.2, 0.25) is 0 Å². The van der Waals surface area contributed by atoms with E-state index in [1.807, 2.05) is 30.3 Å². The van der Waals surface area contributed by atoms with E-state index in [1.165, 1.54) is 10.9 Å². The van der Waals surface area contributed by atoms with Crippen molar-refractivity contribution in [1.29, 1.82) is 0 Å². The average Bonchev–Trinajstić information content (AvgIpc) is 2.76. The lowest BCUT2D eigenvalue weighted by molar-refractivity contribution is -0.149. The van der Waals surface area contributed by atoms with E-state index < -0.39 is 17.4 Å². The quantitative estimate of drug-likeness (QED) is 0.496. The molecule has 0 spiro atoms. The zero-order valence-corrected chi connectivity index (χ0v) is 18.4.